The predicted molar refractivity (Wildman–Crippen MR) is 121 cm³/mol. The molecule has 1 amide bonds. The normalized spacial score (nSPS) is 15.1. The van der Waals surface area contributed by atoms with Crippen LogP contribution in [0, 0.1) is 0 Å². The number of fused-ring (bicyclic) bond motifs is 2. The van der Waals surface area contributed by atoms with E-state index in [1.165, 1.54) is 11.1 Å². The van der Waals surface area contributed by atoms with Gasteiger partial charge < -0.3 is 11.1 Å². The van der Waals surface area contributed by atoms with Gasteiger partial charge in [0.1, 0.15) is 16.9 Å². The topological polar surface area (TPSA) is 111 Å². The summed E-state index contributed by atoms with van der Waals surface area (Å²) in [5, 5.41) is 7.66. The first-order valence-electron chi connectivity index (χ1n) is 10.5. The van der Waals surface area contributed by atoms with Gasteiger partial charge in [-0.2, -0.15) is 9.78 Å². The third-order valence-corrected chi connectivity index (χ3v) is 5.67. The number of hydrogen-bond donors (Lipinski definition) is 2. The number of carbonyl (C=O) groups excluding carboxylic acids is 1. The molecule has 1 saturated carbocycles. The summed E-state index contributed by atoms with van der Waals surface area (Å²) in [6.45, 7) is 0. The standard InChI is InChI=1S/C23H23N7O/c24-21-19(23(31)27-16-6-2-1-3-7-16)20-22(29-18-9-5-4-8-17(18)28-20)30(21)26-14-15-10-12-25-13-11-15/h4-5,8-14,16H,1-3,6-7,24H2,(H,27,31)/b26-14-. The molecule has 0 atom stereocenters. The minimum atomic E-state index is -0.225. The van der Waals surface area contributed by atoms with Crippen molar-refractivity contribution in [2.75, 3.05) is 5.73 Å². The molecule has 0 bridgehead atoms. The third kappa shape index (κ3) is 3.72. The van der Waals surface area contributed by atoms with Crippen LogP contribution in [0.5, 0.6) is 0 Å². The van der Waals surface area contributed by atoms with Gasteiger partial charge in [-0.1, -0.05) is 31.4 Å². The Labute approximate surface area is 179 Å². The summed E-state index contributed by atoms with van der Waals surface area (Å²) in [6, 6.07) is 11.4. The highest BCUT2D eigenvalue weighted by atomic mass is 16.1. The second-order valence-electron chi connectivity index (χ2n) is 7.79. The lowest BCUT2D eigenvalue weighted by Gasteiger charge is -2.22. The van der Waals surface area contributed by atoms with Crippen LogP contribution in [0.4, 0.5) is 5.82 Å². The highest BCUT2D eigenvalue weighted by Gasteiger charge is 2.26. The molecule has 5 rings (SSSR count). The van der Waals surface area contributed by atoms with E-state index in [1.807, 2.05) is 36.4 Å². The SMILES string of the molecule is Nc1c(C(=O)NC2CCCCC2)c2nc3ccccc3nc2n1/N=C\c1ccncc1. The Kier molecular flexibility index (Phi) is 5.03. The molecule has 3 heterocycles. The number of nitrogens with two attached hydrogens (primary N) is 1. The van der Waals surface area contributed by atoms with Gasteiger partial charge in [-0.25, -0.2) is 9.97 Å². The van der Waals surface area contributed by atoms with Crippen molar-refractivity contribution in [1.82, 2.24) is 24.9 Å². The first-order chi connectivity index (χ1) is 15.2. The van der Waals surface area contributed by atoms with E-state index in [0.29, 0.717) is 27.8 Å². The Bertz CT molecular complexity index is 1270. The Morgan fingerprint density at radius 2 is 1.77 bits per heavy atom. The summed E-state index contributed by atoms with van der Waals surface area (Å²) in [7, 11) is 0. The van der Waals surface area contributed by atoms with Crippen LogP contribution in [0.15, 0.2) is 53.9 Å². The van der Waals surface area contributed by atoms with Gasteiger partial charge in [0.15, 0.2) is 5.65 Å². The Balaban J connectivity index is 1.63. The average molecular weight is 413 g/mol. The molecule has 3 N–H and O–H groups in total. The quantitative estimate of drug-likeness (QED) is 0.497. The minimum Gasteiger partial charge on any atom is -0.383 e. The van der Waals surface area contributed by atoms with Gasteiger partial charge in [0, 0.05) is 18.4 Å². The lowest BCUT2D eigenvalue weighted by Crippen LogP contribution is -2.36. The third-order valence-electron chi connectivity index (χ3n) is 5.67. The van der Waals surface area contributed by atoms with Crippen LogP contribution in [0.25, 0.3) is 22.2 Å². The lowest BCUT2D eigenvalue weighted by atomic mass is 9.95. The van der Waals surface area contributed by atoms with E-state index in [0.717, 1.165) is 31.2 Å². The molecular formula is C23H23N7O. The fraction of sp³-hybridized carbons (Fsp3) is 0.261. The van der Waals surface area contributed by atoms with E-state index in [-0.39, 0.29) is 17.8 Å². The molecule has 3 aromatic heterocycles. The predicted octanol–water partition coefficient (Wildman–Crippen LogP) is 3.51. The van der Waals surface area contributed by atoms with Crippen LogP contribution < -0.4 is 11.1 Å². The molecule has 8 nitrogen and oxygen atoms in total. The number of amides is 1. The number of nitrogens with zero attached hydrogens (tertiary/aromatic N) is 5. The highest BCUT2D eigenvalue weighted by Crippen LogP contribution is 2.28. The molecule has 0 aliphatic heterocycles. The summed E-state index contributed by atoms with van der Waals surface area (Å²) in [6.07, 6.45) is 10.5. The molecule has 1 aromatic carbocycles. The van der Waals surface area contributed by atoms with Crippen LogP contribution in [-0.2, 0) is 0 Å². The van der Waals surface area contributed by atoms with E-state index >= 15 is 0 Å². The van der Waals surface area contributed by atoms with Gasteiger partial charge in [-0.05, 0) is 42.7 Å². The molecule has 1 aliphatic rings. The molecule has 1 fully saturated rings. The van der Waals surface area contributed by atoms with E-state index < -0.39 is 0 Å². The zero-order valence-electron chi connectivity index (χ0n) is 17.0. The van der Waals surface area contributed by atoms with Crippen molar-refractivity contribution in [1.29, 1.82) is 0 Å². The van der Waals surface area contributed by atoms with Gasteiger partial charge in [0.25, 0.3) is 5.91 Å². The van der Waals surface area contributed by atoms with Gasteiger partial charge in [-0.15, -0.1) is 0 Å². The molecule has 0 spiro atoms. The van der Waals surface area contributed by atoms with Gasteiger partial charge >= 0.3 is 0 Å². The molecular weight excluding hydrogens is 390 g/mol. The number of benzene rings is 1. The molecule has 31 heavy (non-hydrogen) atoms. The van der Waals surface area contributed by atoms with Crippen LogP contribution in [0.2, 0.25) is 0 Å². The maximum atomic E-state index is 13.2. The number of carbonyl (C=O) groups is 1. The first kappa shape index (κ1) is 19.2. The number of rotatable bonds is 4. The zero-order chi connectivity index (χ0) is 21.2. The molecule has 0 unspecified atom stereocenters. The fourth-order valence-corrected chi connectivity index (χ4v) is 4.07. The lowest BCUT2D eigenvalue weighted by molar-refractivity contribution is 0.0930. The Hall–Kier alpha value is -3.81. The largest absolute Gasteiger partial charge is 0.383 e. The first-order valence-corrected chi connectivity index (χ1v) is 10.5. The maximum Gasteiger partial charge on any atom is 0.257 e. The number of anilines is 1. The number of nitrogen functional groups attached to an aromatic ring is 1. The second-order valence-corrected chi connectivity index (χ2v) is 7.79. The summed E-state index contributed by atoms with van der Waals surface area (Å²) < 4.78 is 1.49. The van der Waals surface area contributed by atoms with E-state index in [1.54, 1.807) is 18.6 Å². The van der Waals surface area contributed by atoms with E-state index in [2.05, 4.69) is 15.4 Å². The van der Waals surface area contributed by atoms with E-state index in [4.69, 9.17) is 15.7 Å². The number of pyridine rings is 1. The van der Waals surface area contributed by atoms with Gasteiger partial charge in [-0.3, -0.25) is 9.78 Å². The van der Waals surface area contributed by atoms with Crippen molar-refractivity contribution < 1.29 is 4.79 Å². The molecule has 4 aromatic rings. The summed E-state index contributed by atoms with van der Waals surface area (Å²) in [4.78, 5) is 26.7. The number of nitrogens with one attached hydrogen (secondary N) is 1. The summed E-state index contributed by atoms with van der Waals surface area (Å²) in [5.74, 6) is 0.000707. The van der Waals surface area contributed by atoms with Crippen LogP contribution in [0.3, 0.4) is 0 Å². The van der Waals surface area contributed by atoms with E-state index in [9.17, 15) is 4.79 Å². The molecule has 8 heteroatoms. The minimum absolute atomic E-state index is 0.160. The average Bonchev–Trinajstić information content (AvgIpc) is 3.07. The Morgan fingerprint density at radius 3 is 2.52 bits per heavy atom. The fourth-order valence-electron chi connectivity index (χ4n) is 4.07. The summed E-state index contributed by atoms with van der Waals surface area (Å²) >= 11 is 0. The molecule has 1 aliphatic carbocycles. The second kappa shape index (κ2) is 8.14. The van der Waals surface area contributed by atoms with Crippen molar-refractivity contribution in [2.45, 2.75) is 38.1 Å². The highest BCUT2D eigenvalue weighted by molar-refractivity contribution is 6.10. The number of para-hydroxylation sites is 2. The van der Waals surface area contributed by atoms with Crippen LogP contribution in [0.1, 0.15) is 48.0 Å². The van der Waals surface area contributed by atoms with Crippen molar-refractivity contribution in [3.8, 4) is 0 Å². The number of aromatic nitrogens is 4. The van der Waals surface area contributed by atoms with Crippen LogP contribution in [-0.4, -0.2) is 37.8 Å². The van der Waals surface area contributed by atoms with Gasteiger partial charge in [0.05, 0.1) is 17.2 Å². The van der Waals surface area contributed by atoms with Crippen molar-refractivity contribution in [2.24, 2.45) is 5.10 Å². The smallest absolute Gasteiger partial charge is 0.257 e. The summed E-state index contributed by atoms with van der Waals surface area (Å²) in [5.41, 5.74) is 9.96. The maximum absolute atomic E-state index is 13.2. The van der Waals surface area contributed by atoms with Crippen molar-refractivity contribution in [3.05, 3.63) is 59.9 Å². The molecule has 0 saturated heterocycles. The molecule has 0 radical (unpaired) electrons. The zero-order valence-corrected chi connectivity index (χ0v) is 17.0. The van der Waals surface area contributed by atoms with Gasteiger partial charge in [0.2, 0.25) is 0 Å². The molecule has 156 valence electrons. The number of hydrogen-bond acceptors (Lipinski definition) is 6. The van der Waals surface area contributed by atoms with Crippen molar-refractivity contribution in [3.63, 3.8) is 0 Å². The Morgan fingerprint density at radius 1 is 1.06 bits per heavy atom. The van der Waals surface area contributed by atoms with Crippen LogP contribution >= 0.6 is 0 Å². The monoisotopic (exact) mass is 413 g/mol. The van der Waals surface area contributed by atoms with Crippen molar-refractivity contribution >= 4 is 40.1 Å².